The first-order valence-corrected chi connectivity index (χ1v) is 31.2. The molecule has 0 aromatic heterocycles. The first kappa shape index (κ1) is 73.4. The molecule has 0 aliphatic heterocycles. The summed E-state index contributed by atoms with van der Waals surface area (Å²) < 4.78 is 39.5. The lowest BCUT2D eigenvalue weighted by Gasteiger charge is -2.21. The van der Waals surface area contributed by atoms with E-state index in [1.807, 2.05) is 18.2 Å². The number of phosphoric acid groups is 1. The lowest BCUT2D eigenvalue weighted by atomic mass is 10.1. The van der Waals surface area contributed by atoms with Gasteiger partial charge in [-0.1, -0.05) is 218 Å². The summed E-state index contributed by atoms with van der Waals surface area (Å²) >= 11 is 0. The molecule has 0 spiro atoms. The summed E-state index contributed by atoms with van der Waals surface area (Å²) in [6.45, 7) is 4.17. The lowest BCUT2D eigenvalue weighted by molar-refractivity contribution is -0.161. The van der Waals surface area contributed by atoms with E-state index in [1.54, 1.807) is 0 Å². The summed E-state index contributed by atoms with van der Waals surface area (Å²) in [5, 5.41) is 9.80. The smallest absolute Gasteiger partial charge is 0.462 e. The van der Waals surface area contributed by atoms with E-state index < -0.39 is 57.8 Å². The number of rotatable bonds is 53. The van der Waals surface area contributed by atoms with Gasteiger partial charge >= 0.3 is 25.7 Å². The minimum Gasteiger partial charge on any atom is -0.462 e. The minimum atomic E-state index is -4.79. The Morgan fingerprint density at radius 2 is 0.654 bits per heavy atom. The van der Waals surface area contributed by atoms with Crippen molar-refractivity contribution < 1.29 is 52.2 Å². The van der Waals surface area contributed by atoms with Crippen LogP contribution in [0.2, 0.25) is 0 Å². The highest BCUT2D eigenvalue weighted by molar-refractivity contribution is 7.47. The fraction of sp³-hybridized carbons (Fsp3) is 0.591. The van der Waals surface area contributed by atoms with Crippen molar-refractivity contribution in [1.29, 1.82) is 0 Å². The summed E-state index contributed by atoms with van der Waals surface area (Å²) in [6, 6.07) is 0. The maximum atomic E-state index is 12.9. The number of esters is 3. The molecule has 0 aromatic rings. The van der Waals surface area contributed by atoms with Crippen LogP contribution in [0.5, 0.6) is 0 Å². The Bertz CT molecular complexity index is 1860. The number of aliphatic hydroxyl groups excluding tert-OH is 1. The molecule has 78 heavy (non-hydrogen) atoms. The van der Waals surface area contributed by atoms with Crippen LogP contribution in [0.1, 0.15) is 213 Å². The van der Waals surface area contributed by atoms with Crippen LogP contribution in [0.15, 0.2) is 146 Å². The van der Waals surface area contributed by atoms with E-state index in [1.165, 1.54) is 0 Å². The quantitative estimate of drug-likeness (QED) is 0.0197. The van der Waals surface area contributed by atoms with Crippen LogP contribution >= 0.6 is 7.82 Å². The van der Waals surface area contributed by atoms with Crippen molar-refractivity contribution in [1.82, 2.24) is 0 Å². The monoisotopic (exact) mass is 1100 g/mol. The fourth-order valence-corrected chi connectivity index (χ4v) is 8.13. The molecule has 0 aromatic carbocycles. The maximum absolute atomic E-state index is 12.9. The average molecular weight is 1110 g/mol. The number of allylic oxidation sites excluding steroid dienone is 24. The van der Waals surface area contributed by atoms with Gasteiger partial charge in [0.1, 0.15) is 12.7 Å². The zero-order valence-corrected chi connectivity index (χ0v) is 49.5. The molecule has 0 aliphatic carbocycles. The molecule has 0 aliphatic rings. The molecular formula is C66H105O11P. The fourth-order valence-electron chi connectivity index (χ4n) is 7.35. The van der Waals surface area contributed by atoms with E-state index >= 15 is 0 Å². The SMILES string of the molecule is CC/C=C\C/C=C\C/C=C\C/C=C\CCCCCCCCC(=O)OCC(COP(=O)(O)OCC(CO)OC(=O)CC/C=C\C/C=C\C/C=C\C/C=C\CC)OC(=O)CCCCCCCC/C=C\C/C=C\C/C=C\C/C=C\CC. The minimum absolute atomic E-state index is 0.0464. The molecule has 3 atom stereocenters. The van der Waals surface area contributed by atoms with E-state index in [0.29, 0.717) is 19.3 Å². The van der Waals surface area contributed by atoms with Gasteiger partial charge in [-0.15, -0.1) is 0 Å². The molecule has 0 heterocycles. The van der Waals surface area contributed by atoms with Crippen LogP contribution in [-0.2, 0) is 42.2 Å². The van der Waals surface area contributed by atoms with Gasteiger partial charge in [-0.25, -0.2) is 4.57 Å². The molecule has 0 radical (unpaired) electrons. The van der Waals surface area contributed by atoms with E-state index in [-0.39, 0.29) is 25.9 Å². The summed E-state index contributed by atoms with van der Waals surface area (Å²) in [5.74, 6) is -1.60. The number of ether oxygens (including phenoxy) is 3. The van der Waals surface area contributed by atoms with Gasteiger partial charge in [0.05, 0.1) is 19.8 Å². The van der Waals surface area contributed by atoms with Crippen LogP contribution in [0.4, 0.5) is 0 Å². The summed E-state index contributed by atoms with van der Waals surface area (Å²) in [7, 11) is -4.79. The molecule has 0 fully saturated rings. The first-order chi connectivity index (χ1) is 38.2. The zero-order valence-electron chi connectivity index (χ0n) is 48.6. The van der Waals surface area contributed by atoms with Crippen LogP contribution in [0, 0.1) is 0 Å². The zero-order chi connectivity index (χ0) is 56.9. The number of carbonyl (C=O) groups excluding carboxylic acids is 3. The van der Waals surface area contributed by atoms with Gasteiger partial charge in [-0.3, -0.25) is 23.4 Å². The van der Waals surface area contributed by atoms with Gasteiger partial charge in [-0.05, 0) is 122 Å². The standard InChI is InChI=1S/C66H105O11P/c1-4-7-10-13-16-19-22-25-27-29-31-33-35-38-40-43-46-49-52-55-64(68)73-59-63(77-66(70)57-54-51-48-45-42-39-36-34-32-30-28-26-23-20-17-14-11-8-5-2)61-75-78(71,72)74-60-62(58-67)76-65(69)56-53-50-47-44-41-37-24-21-18-15-12-9-6-3/h7-12,16-21,25-28,31-34,37,41,47,50,62-63,67H,4-6,13-15,22-24,29-30,35-36,38-40,42-46,48-49,51-61H2,1-3H3,(H,71,72)/b10-7-,11-8-,12-9-,19-16-,20-17-,21-18-,27-25-,28-26-,33-31-,34-32-,41-37-,50-47-. The second kappa shape index (κ2) is 58.5. The Morgan fingerprint density at radius 1 is 0.359 bits per heavy atom. The van der Waals surface area contributed by atoms with Crippen molar-refractivity contribution in [2.45, 2.75) is 226 Å². The number of aliphatic hydroxyl groups is 1. The van der Waals surface area contributed by atoms with Gasteiger partial charge in [0.25, 0.3) is 0 Å². The molecule has 0 saturated carbocycles. The van der Waals surface area contributed by atoms with Gasteiger partial charge in [0.2, 0.25) is 0 Å². The molecule has 0 bridgehead atoms. The highest BCUT2D eigenvalue weighted by atomic mass is 31.2. The highest BCUT2D eigenvalue weighted by Gasteiger charge is 2.28. The molecule has 0 amide bonds. The number of hydrogen-bond acceptors (Lipinski definition) is 10. The predicted molar refractivity (Wildman–Crippen MR) is 325 cm³/mol. The average Bonchev–Trinajstić information content (AvgIpc) is 3.43. The van der Waals surface area contributed by atoms with Crippen molar-refractivity contribution in [2.75, 3.05) is 26.4 Å². The largest absolute Gasteiger partial charge is 0.472 e. The lowest BCUT2D eigenvalue weighted by Crippen LogP contribution is -2.30. The van der Waals surface area contributed by atoms with Gasteiger partial charge in [0, 0.05) is 19.3 Å². The first-order valence-electron chi connectivity index (χ1n) is 29.7. The summed E-state index contributed by atoms with van der Waals surface area (Å²) in [5.41, 5.74) is 0. The molecule has 11 nitrogen and oxygen atoms in total. The second-order valence-electron chi connectivity index (χ2n) is 19.0. The van der Waals surface area contributed by atoms with Crippen molar-refractivity contribution in [3.63, 3.8) is 0 Å². The van der Waals surface area contributed by atoms with E-state index in [4.69, 9.17) is 23.3 Å². The Balaban J connectivity index is 4.85. The highest BCUT2D eigenvalue weighted by Crippen LogP contribution is 2.43. The molecule has 2 N–H and O–H groups in total. The van der Waals surface area contributed by atoms with E-state index in [2.05, 4.69) is 148 Å². The van der Waals surface area contributed by atoms with Gasteiger partial charge in [-0.2, -0.15) is 0 Å². The summed E-state index contributed by atoms with van der Waals surface area (Å²) in [6.07, 6.45) is 75.3. The third-order valence-corrected chi connectivity index (χ3v) is 12.7. The number of phosphoric ester groups is 1. The van der Waals surface area contributed by atoms with Crippen LogP contribution in [-0.4, -0.2) is 66.5 Å². The maximum Gasteiger partial charge on any atom is 0.472 e. The van der Waals surface area contributed by atoms with Gasteiger partial charge in [0.15, 0.2) is 6.10 Å². The van der Waals surface area contributed by atoms with Crippen molar-refractivity contribution in [3.05, 3.63) is 146 Å². The number of unbranched alkanes of at least 4 members (excludes halogenated alkanes) is 12. The van der Waals surface area contributed by atoms with Gasteiger partial charge < -0.3 is 24.2 Å². The number of hydrogen-bond donors (Lipinski definition) is 2. The van der Waals surface area contributed by atoms with Crippen LogP contribution < -0.4 is 0 Å². The third-order valence-electron chi connectivity index (χ3n) is 11.8. The molecule has 12 heteroatoms. The Kier molecular flexibility index (Phi) is 55.0. The third kappa shape index (κ3) is 56.1. The predicted octanol–water partition coefficient (Wildman–Crippen LogP) is 17.9. The van der Waals surface area contributed by atoms with E-state index in [9.17, 15) is 28.9 Å². The second-order valence-corrected chi connectivity index (χ2v) is 20.5. The van der Waals surface area contributed by atoms with Crippen molar-refractivity contribution in [2.24, 2.45) is 0 Å². The Hall–Kier alpha value is -4.64. The van der Waals surface area contributed by atoms with Crippen molar-refractivity contribution in [3.8, 4) is 0 Å². The van der Waals surface area contributed by atoms with Crippen LogP contribution in [0.25, 0.3) is 0 Å². The molecule has 3 unspecified atom stereocenters. The molecule has 0 saturated heterocycles. The molecular weight excluding hydrogens is 1000 g/mol. The van der Waals surface area contributed by atoms with E-state index in [0.717, 1.165) is 154 Å². The Labute approximate surface area is 473 Å². The summed E-state index contributed by atoms with van der Waals surface area (Å²) in [4.78, 5) is 48.6. The van der Waals surface area contributed by atoms with Crippen LogP contribution in [0.3, 0.4) is 0 Å². The number of carbonyl (C=O) groups is 3. The Morgan fingerprint density at radius 3 is 1.04 bits per heavy atom. The normalized spacial score (nSPS) is 14.4. The topological polar surface area (TPSA) is 155 Å². The molecule has 0 rings (SSSR count). The van der Waals surface area contributed by atoms with Crippen molar-refractivity contribution >= 4 is 25.7 Å². The molecule has 440 valence electrons.